The summed E-state index contributed by atoms with van der Waals surface area (Å²) in [6.07, 6.45) is 0. The van der Waals surface area contributed by atoms with Gasteiger partial charge in [-0.25, -0.2) is 4.98 Å². The molecule has 6 rings (SSSR count). The van der Waals surface area contributed by atoms with Crippen LogP contribution in [0.5, 0.6) is 11.5 Å². The van der Waals surface area contributed by atoms with E-state index in [9.17, 15) is 9.59 Å². The summed E-state index contributed by atoms with van der Waals surface area (Å²) >= 11 is 4.25. The van der Waals surface area contributed by atoms with E-state index in [-0.39, 0.29) is 17.2 Å². The van der Waals surface area contributed by atoms with Crippen molar-refractivity contribution in [2.45, 2.75) is 5.16 Å². The van der Waals surface area contributed by atoms with E-state index in [0.29, 0.717) is 51.5 Å². The summed E-state index contributed by atoms with van der Waals surface area (Å²) in [7, 11) is 0. The van der Waals surface area contributed by atoms with Gasteiger partial charge in [-0.3, -0.25) is 14.2 Å². The molecule has 2 aromatic carbocycles. The fourth-order valence-electron chi connectivity index (χ4n) is 3.94. The first kappa shape index (κ1) is 22.8. The zero-order valence-corrected chi connectivity index (χ0v) is 21.3. The Balaban J connectivity index is 1.31. The van der Waals surface area contributed by atoms with Crippen molar-refractivity contribution in [1.82, 2.24) is 9.55 Å². The molecule has 7 nitrogen and oxygen atoms in total. The van der Waals surface area contributed by atoms with Crippen molar-refractivity contribution >= 4 is 56.2 Å². The third-order valence-corrected chi connectivity index (χ3v) is 8.25. The molecular formula is C26H19N3O4S3. The number of rotatable bonds is 6. The summed E-state index contributed by atoms with van der Waals surface area (Å²) in [6, 6.07) is 18.7. The van der Waals surface area contributed by atoms with Crippen LogP contribution in [-0.4, -0.2) is 34.4 Å². The number of ether oxygens (including phenoxy) is 2. The summed E-state index contributed by atoms with van der Waals surface area (Å²) in [4.78, 5) is 33.1. The number of benzene rings is 2. The molecule has 0 spiro atoms. The maximum atomic E-state index is 13.8. The highest BCUT2D eigenvalue weighted by molar-refractivity contribution is 7.99. The van der Waals surface area contributed by atoms with E-state index < -0.39 is 0 Å². The minimum absolute atomic E-state index is 0.0857. The molecule has 180 valence electrons. The lowest BCUT2D eigenvalue weighted by atomic mass is 10.2. The van der Waals surface area contributed by atoms with Gasteiger partial charge in [-0.15, -0.1) is 22.7 Å². The highest BCUT2D eigenvalue weighted by Crippen LogP contribution is 2.35. The molecule has 0 aliphatic carbocycles. The fourth-order valence-corrected chi connectivity index (χ4v) is 6.55. The Bertz CT molecular complexity index is 1610. The maximum absolute atomic E-state index is 13.8. The second kappa shape index (κ2) is 9.81. The molecule has 0 saturated carbocycles. The maximum Gasteiger partial charge on any atom is 0.268 e. The number of nitrogens with one attached hydrogen (secondary N) is 1. The van der Waals surface area contributed by atoms with Gasteiger partial charge in [0.2, 0.25) is 5.91 Å². The first-order valence-corrected chi connectivity index (χ1v) is 13.9. The summed E-state index contributed by atoms with van der Waals surface area (Å²) in [6.45, 7) is 0.983. The van der Waals surface area contributed by atoms with Gasteiger partial charge in [0.25, 0.3) is 5.56 Å². The number of para-hydroxylation sites is 1. The zero-order chi connectivity index (χ0) is 24.5. The third kappa shape index (κ3) is 4.39. The van der Waals surface area contributed by atoms with Crippen LogP contribution in [0.3, 0.4) is 0 Å². The average Bonchev–Trinajstić information content (AvgIpc) is 3.58. The van der Waals surface area contributed by atoms with Crippen LogP contribution >= 0.6 is 34.4 Å². The predicted octanol–water partition coefficient (Wildman–Crippen LogP) is 5.68. The van der Waals surface area contributed by atoms with Gasteiger partial charge in [0.1, 0.15) is 18.0 Å². The monoisotopic (exact) mass is 533 g/mol. The lowest BCUT2D eigenvalue weighted by Crippen LogP contribution is -2.22. The lowest BCUT2D eigenvalue weighted by molar-refractivity contribution is -0.113. The van der Waals surface area contributed by atoms with Crippen LogP contribution in [0.25, 0.3) is 26.3 Å². The minimum Gasteiger partial charge on any atom is -0.486 e. The van der Waals surface area contributed by atoms with Gasteiger partial charge in [-0.2, -0.15) is 0 Å². The normalized spacial score (nSPS) is 12.6. The molecule has 0 unspecified atom stereocenters. The van der Waals surface area contributed by atoms with Crippen molar-refractivity contribution in [1.29, 1.82) is 0 Å². The van der Waals surface area contributed by atoms with Gasteiger partial charge in [0, 0.05) is 27.6 Å². The molecule has 0 atom stereocenters. The van der Waals surface area contributed by atoms with E-state index in [1.54, 1.807) is 34.1 Å². The second-order valence-corrected chi connectivity index (χ2v) is 10.6. The largest absolute Gasteiger partial charge is 0.486 e. The van der Waals surface area contributed by atoms with Crippen LogP contribution in [0, 0.1) is 0 Å². The molecule has 3 aromatic heterocycles. The Labute approximate surface area is 218 Å². The molecule has 0 saturated heterocycles. The number of thiophene rings is 2. The Kier molecular flexibility index (Phi) is 6.22. The number of fused-ring (bicyclic) bond motifs is 2. The zero-order valence-electron chi connectivity index (χ0n) is 18.8. The average molecular weight is 534 g/mol. The first-order valence-electron chi connectivity index (χ1n) is 11.1. The number of hydrogen-bond donors (Lipinski definition) is 1. The molecule has 0 radical (unpaired) electrons. The molecule has 0 fully saturated rings. The van der Waals surface area contributed by atoms with Crippen molar-refractivity contribution in [2.75, 3.05) is 24.3 Å². The Morgan fingerprint density at radius 1 is 1.03 bits per heavy atom. The van der Waals surface area contributed by atoms with E-state index in [1.165, 1.54) is 23.1 Å². The summed E-state index contributed by atoms with van der Waals surface area (Å²) in [5, 5.41) is 7.92. The molecule has 36 heavy (non-hydrogen) atoms. The second-order valence-electron chi connectivity index (χ2n) is 7.87. The van der Waals surface area contributed by atoms with Crippen molar-refractivity contribution in [2.24, 2.45) is 0 Å². The molecule has 1 aliphatic rings. The van der Waals surface area contributed by atoms with Gasteiger partial charge in [-0.05, 0) is 35.7 Å². The quantitative estimate of drug-likeness (QED) is 0.223. The molecule has 1 N–H and O–H groups in total. The molecule has 1 amide bonds. The Morgan fingerprint density at radius 3 is 2.67 bits per heavy atom. The van der Waals surface area contributed by atoms with E-state index >= 15 is 0 Å². The summed E-state index contributed by atoms with van der Waals surface area (Å²) in [5.41, 5.74) is 2.06. The number of hydrogen-bond acceptors (Lipinski definition) is 8. The highest BCUT2D eigenvalue weighted by Gasteiger charge is 2.20. The molecule has 4 heterocycles. The van der Waals surface area contributed by atoms with Crippen LogP contribution in [0.4, 0.5) is 5.69 Å². The number of carbonyl (C=O) groups excluding carboxylic acids is 1. The van der Waals surface area contributed by atoms with E-state index in [2.05, 4.69) is 5.32 Å². The molecular weight excluding hydrogens is 515 g/mol. The van der Waals surface area contributed by atoms with Crippen molar-refractivity contribution in [3.63, 3.8) is 0 Å². The number of anilines is 1. The number of nitrogens with zero attached hydrogens (tertiary/aromatic N) is 2. The lowest BCUT2D eigenvalue weighted by Gasteiger charge is -2.19. The van der Waals surface area contributed by atoms with Crippen LogP contribution in [0.2, 0.25) is 0 Å². The molecule has 0 bridgehead atoms. The highest BCUT2D eigenvalue weighted by atomic mass is 32.2. The smallest absolute Gasteiger partial charge is 0.268 e. The van der Waals surface area contributed by atoms with E-state index in [0.717, 1.165) is 10.4 Å². The summed E-state index contributed by atoms with van der Waals surface area (Å²) < 4.78 is 12.7. The van der Waals surface area contributed by atoms with Crippen molar-refractivity contribution in [3.05, 3.63) is 81.8 Å². The standard InChI is InChI=1S/C26H19N3O4S3/c30-22(27-16-8-9-19-20(13-16)33-11-10-32-19)15-36-26-28-24-23(18(14-35-24)21-7-4-12-34-21)25(31)29(26)17-5-2-1-3-6-17/h1-9,12-14H,10-11,15H2,(H,27,30). The topological polar surface area (TPSA) is 82.5 Å². The van der Waals surface area contributed by atoms with Gasteiger partial charge in [0.15, 0.2) is 16.7 Å². The van der Waals surface area contributed by atoms with Gasteiger partial charge >= 0.3 is 0 Å². The molecule has 5 aromatic rings. The van der Waals surface area contributed by atoms with Crippen LogP contribution in [-0.2, 0) is 4.79 Å². The van der Waals surface area contributed by atoms with Gasteiger partial charge in [0.05, 0.1) is 16.8 Å². The summed E-state index contributed by atoms with van der Waals surface area (Å²) in [5.74, 6) is 1.14. The SMILES string of the molecule is O=C(CSc1nc2scc(-c3cccs3)c2c(=O)n1-c1ccccc1)Nc1ccc2c(c1)OCCO2. The van der Waals surface area contributed by atoms with Crippen LogP contribution in [0.1, 0.15) is 0 Å². The molecule has 10 heteroatoms. The first-order chi connectivity index (χ1) is 17.7. The minimum atomic E-state index is -0.212. The Morgan fingerprint density at radius 2 is 1.86 bits per heavy atom. The Hall–Kier alpha value is -3.60. The van der Waals surface area contributed by atoms with Crippen LogP contribution in [0.15, 0.2) is 81.4 Å². The molecule has 1 aliphatic heterocycles. The third-order valence-electron chi connectivity index (χ3n) is 5.54. The predicted molar refractivity (Wildman–Crippen MR) is 145 cm³/mol. The van der Waals surface area contributed by atoms with E-state index in [4.69, 9.17) is 14.5 Å². The number of amides is 1. The van der Waals surface area contributed by atoms with Crippen molar-refractivity contribution in [3.8, 4) is 27.6 Å². The fraction of sp³-hybridized carbons (Fsp3) is 0.115. The van der Waals surface area contributed by atoms with Crippen molar-refractivity contribution < 1.29 is 14.3 Å². The number of carbonyl (C=O) groups is 1. The number of thioether (sulfide) groups is 1. The van der Waals surface area contributed by atoms with Gasteiger partial charge < -0.3 is 14.8 Å². The van der Waals surface area contributed by atoms with E-state index in [1.807, 2.05) is 53.2 Å². The number of aromatic nitrogens is 2. The van der Waals surface area contributed by atoms with Gasteiger partial charge in [-0.1, -0.05) is 36.0 Å². The van der Waals surface area contributed by atoms with Crippen LogP contribution < -0.4 is 20.3 Å².